The first kappa shape index (κ1) is 9.68. The summed E-state index contributed by atoms with van der Waals surface area (Å²) in [6.07, 6.45) is 10.3. The molecule has 3 aliphatic rings. The molecule has 3 fully saturated rings. The fraction of sp³-hybridized carbons (Fsp3) is 0.923. The van der Waals surface area contributed by atoms with Crippen LogP contribution in [0.3, 0.4) is 0 Å². The lowest BCUT2D eigenvalue weighted by Crippen LogP contribution is -2.31. The van der Waals surface area contributed by atoms with Crippen molar-refractivity contribution < 1.29 is 4.79 Å². The zero-order valence-corrected chi connectivity index (χ0v) is 9.50. The first-order valence-electron chi connectivity index (χ1n) is 6.55. The van der Waals surface area contributed by atoms with Crippen molar-refractivity contribution in [2.24, 2.45) is 11.3 Å². The maximum Gasteiger partial charge on any atom is 0.223 e. The third-order valence-corrected chi connectivity index (χ3v) is 4.49. The standard InChI is InChI=1S/C13H21NO/c15-12-8-13(6-2-1-3-7-13)10-14(12)9-11-4-5-11/h11H,1-10H2. The molecule has 0 aromatic rings. The molecule has 84 valence electrons. The predicted octanol–water partition coefficient (Wildman–Crippen LogP) is 2.58. The van der Waals surface area contributed by atoms with Crippen LogP contribution in [0, 0.1) is 11.3 Å². The van der Waals surface area contributed by atoms with Gasteiger partial charge in [-0.2, -0.15) is 0 Å². The first-order chi connectivity index (χ1) is 7.27. The minimum atomic E-state index is 0.407. The number of hydrogen-bond donors (Lipinski definition) is 0. The Hall–Kier alpha value is -0.530. The number of carbonyl (C=O) groups is 1. The molecule has 0 atom stereocenters. The van der Waals surface area contributed by atoms with E-state index in [4.69, 9.17) is 0 Å². The number of carbonyl (C=O) groups excluding carboxylic acids is 1. The lowest BCUT2D eigenvalue weighted by Gasteiger charge is -2.32. The van der Waals surface area contributed by atoms with Crippen molar-refractivity contribution in [2.75, 3.05) is 13.1 Å². The van der Waals surface area contributed by atoms with Crippen LogP contribution in [0.25, 0.3) is 0 Å². The van der Waals surface area contributed by atoms with E-state index in [1.54, 1.807) is 0 Å². The molecule has 1 saturated heterocycles. The van der Waals surface area contributed by atoms with E-state index in [0.29, 0.717) is 11.3 Å². The van der Waals surface area contributed by atoms with Gasteiger partial charge in [0.15, 0.2) is 0 Å². The summed E-state index contributed by atoms with van der Waals surface area (Å²) in [5.41, 5.74) is 0.407. The van der Waals surface area contributed by atoms with Crippen LogP contribution in [0.15, 0.2) is 0 Å². The van der Waals surface area contributed by atoms with Crippen LogP contribution in [0.1, 0.15) is 51.4 Å². The largest absolute Gasteiger partial charge is 0.342 e. The summed E-state index contributed by atoms with van der Waals surface area (Å²) in [6, 6.07) is 0. The van der Waals surface area contributed by atoms with Crippen LogP contribution < -0.4 is 0 Å². The molecule has 1 aliphatic heterocycles. The third kappa shape index (κ3) is 1.91. The van der Waals surface area contributed by atoms with Crippen LogP contribution >= 0.6 is 0 Å². The van der Waals surface area contributed by atoms with E-state index in [0.717, 1.165) is 25.4 Å². The van der Waals surface area contributed by atoms with Gasteiger partial charge in [0.25, 0.3) is 0 Å². The summed E-state index contributed by atoms with van der Waals surface area (Å²) in [5.74, 6) is 1.30. The maximum atomic E-state index is 11.9. The molecule has 0 aromatic carbocycles. The third-order valence-electron chi connectivity index (χ3n) is 4.49. The lowest BCUT2D eigenvalue weighted by molar-refractivity contribution is -0.128. The Balaban J connectivity index is 1.65. The summed E-state index contributed by atoms with van der Waals surface area (Å²) < 4.78 is 0. The monoisotopic (exact) mass is 207 g/mol. The topological polar surface area (TPSA) is 20.3 Å². The highest BCUT2D eigenvalue weighted by Crippen LogP contribution is 2.45. The highest BCUT2D eigenvalue weighted by atomic mass is 16.2. The van der Waals surface area contributed by atoms with Gasteiger partial charge in [-0.3, -0.25) is 4.79 Å². The van der Waals surface area contributed by atoms with Gasteiger partial charge in [-0.15, -0.1) is 0 Å². The van der Waals surface area contributed by atoms with Gasteiger partial charge < -0.3 is 4.90 Å². The van der Waals surface area contributed by atoms with Crippen LogP contribution in [0.5, 0.6) is 0 Å². The fourth-order valence-electron chi connectivity index (χ4n) is 3.40. The summed E-state index contributed by atoms with van der Waals surface area (Å²) in [4.78, 5) is 14.1. The second kappa shape index (κ2) is 3.50. The molecule has 1 heterocycles. The number of likely N-dealkylation sites (tertiary alicyclic amines) is 1. The van der Waals surface area contributed by atoms with Crippen LogP contribution in [0.4, 0.5) is 0 Å². The predicted molar refractivity (Wildman–Crippen MR) is 59.4 cm³/mol. The minimum absolute atomic E-state index is 0.407. The van der Waals surface area contributed by atoms with Gasteiger partial charge in [-0.1, -0.05) is 19.3 Å². The van der Waals surface area contributed by atoms with Crippen molar-refractivity contribution in [3.8, 4) is 0 Å². The Morgan fingerprint density at radius 3 is 2.60 bits per heavy atom. The Kier molecular flexibility index (Phi) is 2.26. The molecule has 2 heteroatoms. The van der Waals surface area contributed by atoms with Crippen molar-refractivity contribution in [2.45, 2.75) is 51.4 Å². The fourth-order valence-corrected chi connectivity index (χ4v) is 3.40. The average molecular weight is 207 g/mol. The summed E-state index contributed by atoms with van der Waals surface area (Å²) >= 11 is 0. The number of hydrogen-bond acceptors (Lipinski definition) is 1. The Morgan fingerprint density at radius 1 is 1.20 bits per heavy atom. The first-order valence-corrected chi connectivity index (χ1v) is 6.55. The van der Waals surface area contributed by atoms with Gasteiger partial charge in [0.1, 0.15) is 0 Å². The molecular weight excluding hydrogens is 186 g/mol. The van der Waals surface area contributed by atoms with Crippen LogP contribution in [-0.4, -0.2) is 23.9 Å². The van der Waals surface area contributed by atoms with Gasteiger partial charge in [0.05, 0.1) is 0 Å². The van der Waals surface area contributed by atoms with E-state index in [1.807, 2.05) is 0 Å². The second-order valence-corrected chi connectivity index (χ2v) is 5.96. The molecule has 0 bridgehead atoms. The van der Waals surface area contributed by atoms with Gasteiger partial charge in [0.2, 0.25) is 5.91 Å². The van der Waals surface area contributed by atoms with E-state index >= 15 is 0 Å². The van der Waals surface area contributed by atoms with Gasteiger partial charge in [-0.05, 0) is 37.0 Å². The maximum absolute atomic E-state index is 11.9. The Labute approximate surface area is 92.0 Å². The molecule has 2 nitrogen and oxygen atoms in total. The molecule has 2 aliphatic carbocycles. The molecule has 0 aromatic heterocycles. The van der Waals surface area contributed by atoms with E-state index < -0.39 is 0 Å². The van der Waals surface area contributed by atoms with E-state index in [2.05, 4.69) is 4.90 Å². The molecule has 2 saturated carbocycles. The summed E-state index contributed by atoms with van der Waals surface area (Å²) in [6.45, 7) is 2.16. The SMILES string of the molecule is O=C1CC2(CCCCC2)CN1CC1CC1. The van der Waals surface area contributed by atoms with Crippen molar-refractivity contribution in [3.05, 3.63) is 0 Å². The normalized spacial score (nSPS) is 30.1. The molecule has 0 N–H and O–H groups in total. The second-order valence-electron chi connectivity index (χ2n) is 5.96. The molecule has 1 spiro atoms. The lowest BCUT2D eigenvalue weighted by atomic mass is 9.73. The van der Waals surface area contributed by atoms with E-state index in [9.17, 15) is 4.79 Å². The summed E-state index contributed by atoms with van der Waals surface area (Å²) in [7, 11) is 0. The minimum Gasteiger partial charge on any atom is -0.342 e. The zero-order valence-electron chi connectivity index (χ0n) is 9.50. The van der Waals surface area contributed by atoms with E-state index in [-0.39, 0.29) is 0 Å². The molecule has 0 unspecified atom stereocenters. The quantitative estimate of drug-likeness (QED) is 0.681. The van der Waals surface area contributed by atoms with Crippen LogP contribution in [0.2, 0.25) is 0 Å². The molecular formula is C13H21NO. The average Bonchev–Trinajstić information content (AvgIpc) is 2.97. The molecule has 0 radical (unpaired) electrons. The van der Waals surface area contributed by atoms with Gasteiger partial charge in [-0.25, -0.2) is 0 Å². The van der Waals surface area contributed by atoms with Crippen molar-refractivity contribution in [3.63, 3.8) is 0 Å². The van der Waals surface area contributed by atoms with Gasteiger partial charge >= 0.3 is 0 Å². The van der Waals surface area contributed by atoms with Crippen LogP contribution in [-0.2, 0) is 4.79 Å². The Morgan fingerprint density at radius 2 is 1.93 bits per heavy atom. The molecule has 1 amide bonds. The Bertz CT molecular complexity index is 264. The highest BCUT2D eigenvalue weighted by molar-refractivity contribution is 5.79. The van der Waals surface area contributed by atoms with Crippen molar-refractivity contribution >= 4 is 5.91 Å². The molecule has 3 rings (SSSR count). The smallest absolute Gasteiger partial charge is 0.223 e. The number of amides is 1. The number of nitrogens with zero attached hydrogens (tertiary/aromatic N) is 1. The zero-order chi connectivity index (χ0) is 10.3. The van der Waals surface area contributed by atoms with Gasteiger partial charge in [0, 0.05) is 19.5 Å². The van der Waals surface area contributed by atoms with Crippen molar-refractivity contribution in [1.29, 1.82) is 0 Å². The van der Waals surface area contributed by atoms with E-state index in [1.165, 1.54) is 44.9 Å². The van der Waals surface area contributed by atoms with Crippen molar-refractivity contribution in [1.82, 2.24) is 4.90 Å². The summed E-state index contributed by atoms with van der Waals surface area (Å²) in [5, 5.41) is 0. The molecule has 15 heavy (non-hydrogen) atoms. The number of rotatable bonds is 2. The highest BCUT2D eigenvalue weighted by Gasteiger charge is 2.44.